The standard InChI is InChI=1S/C17H24ClNO4/c1-17(2,3)23-16(21)19-9-15(10-20)22-11-14(19)8-12-4-6-13(18)7-5-12/h4-7,14-15,20H,8-11H2,1-3H3/t14-,15?/m0/s1. The van der Waals surface area contributed by atoms with Gasteiger partial charge in [0.25, 0.3) is 0 Å². The Labute approximate surface area is 142 Å². The second-order valence-electron chi connectivity index (χ2n) is 6.76. The van der Waals surface area contributed by atoms with E-state index in [0.717, 1.165) is 5.56 Å². The van der Waals surface area contributed by atoms with Gasteiger partial charge in [-0.25, -0.2) is 4.79 Å². The van der Waals surface area contributed by atoms with Crippen molar-refractivity contribution >= 4 is 17.7 Å². The van der Waals surface area contributed by atoms with Crippen molar-refractivity contribution in [3.8, 4) is 0 Å². The average molecular weight is 342 g/mol. The largest absolute Gasteiger partial charge is 0.444 e. The molecular formula is C17H24ClNO4. The zero-order valence-corrected chi connectivity index (χ0v) is 14.5. The molecule has 1 aromatic rings. The Morgan fingerprint density at radius 2 is 2.04 bits per heavy atom. The number of hydrogen-bond donors (Lipinski definition) is 1. The summed E-state index contributed by atoms with van der Waals surface area (Å²) in [4.78, 5) is 14.1. The van der Waals surface area contributed by atoms with Crippen LogP contribution in [0.1, 0.15) is 26.3 Å². The van der Waals surface area contributed by atoms with Crippen LogP contribution in [0, 0.1) is 0 Å². The molecule has 0 bridgehead atoms. The number of halogens is 1. The molecule has 23 heavy (non-hydrogen) atoms. The lowest BCUT2D eigenvalue weighted by atomic mass is 10.0. The lowest BCUT2D eigenvalue weighted by molar-refractivity contribution is -0.0843. The second kappa shape index (κ2) is 7.51. The van der Waals surface area contributed by atoms with E-state index in [4.69, 9.17) is 21.1 Å². The number of carbonyl (C=O) groups excluding carboxylic acids is 1. The third-order valence-corrected chi connectivity index (χ3v) is 3.83. The topological polar surface area (TPSA) is 59.0 Å². The molecule has 1 aromatic carbocycles. The number of amides is 1. The predicted octanol–water partition coefficient (Wildman–Crippen LogP) is 2.88. The SMILES string of the molecule is CC(C)(C)OC(=O)N1CC(CO)OC[C@@H]1Cc1ccc(Cl)cc1. The van der Waals surface area contributed by atoms with Crippen molar-refractivity contribution in [1.82, 2.24) is 4.90 Å². The number of benzene rings is 1. The van der Waals surface area contributed by atoms with Crippen LogP contribution in [0.15, 0.2) is 24.3 Å². The summed E-state index contributed by atoms with van der Waals surface area (Å²) in [6.45, 7) is 6.08. The van der Waals surface area contributed by atoms with Crippen LogP contribution in [0.2, 0.25) is 5.02 Å². The molecule has 1 N–H and O–H groups in total. The molecular weight excluding hydrogens is 318 g/mol. The molecule has 5 nitrogen and oxygen atoms in total. The van der Waals surface area contributed by atoms with Gasteiger partial charge < -0.3 is 14.6 Å². The summed E-state index contributed by atoms with van der Waals surface area (Å²) in [6.07, 6.45) is -0.101. The highest BCUT2D eigenvalue weighted by Crippen LogP contribution is 2.21. The maximum absolute atomic E-state index is 12.5. The van der Waals surface area contributed by atoms with E-state index < -0.39 is 5.60 Å². The Morgan fingerprint density at radius 1 is 1.39 bits per heavy atom. The van der Waals surface area contributed by atoms with Gasteiger partial charge in [0.2, 0.25) is 0 Å². The molecule has 1 heterocycles. The molecule has 128 valence electrons. The monoisotopic (exact) mass is 341 g/mol. The number of ether oxygens (including phenoxy) is 2. The van der Waals surface area contributed by atoms with E-state index in [-0.39, 0.29) is 24.8 Å². The van der Waals surface area contributed by atoms with Crippen LogP contribution in [-0.2, 0) is 15.9 Å². The van der Waals surface area contributed by atoms with E-state index in [1.54, 1.807) is 4.90 Å². The minimum atomic E-state index is -0.561. The molecule has 1 fully saturated rings. The van der Waals surface area contributed by atoms with Crippen molar-refractivity contribution in [2.45, 2.75) is 44.9 Å². The fourth-order valence-corrected chi connectivity index (χ4v) is 2.60. The van der Waals surface area contributed by atoms with Gasteiger partial charge in [-0.05, 0) is 44.9 Å². The summed E-state index contributed by atoms with van der Waals surface area (Å²) in [5, 5.41) is 9.99. The van der Waals surface area contributed by atoms with Crippen LogP contribution in [-0.4, -0.2) is 53.6 Å². The smallest absolute Gasteiger partial charge is 0.410 e. The van der Waals surface area contributed by atoms with Crippen LogP contribution >= 0.6 is 11.6 Å². The Balaban J connectivity index is 2.11. The molecule has 6 heteroatoms. The maximum Gasteiger partial charge on any atom is 0.410 e. The molecule has 1 aliphatic rings. The van der Waals surface area contributed by atoms with Crippen LogP contribution in [0.4, 0.5) is 4.79 Å². The Hall–Kier alpha value is -1.30. The molecule has 0 aromatic heterocycles. The molecule has 1 amide bonds. The van der Waals surface area contributed by atoms with Crippen LogP contribution in [0.5, 0.6) is 0 Å². The fourth-order valence-electron chi connectivity index (χ4n) is 2.47. The van der Waals surface area contributed by atoms with E-state index in [1.807, 2.05) is 45.0 Å². The minimum Gasteiger partial charge on any atom is -0.444 e. The van der Waals surface area contributed by atoms with Gasteiger partial charge in [0.05, 0.1) is 31.9 Å². The van der Waals surface area contributed by atoms with E-state index >= 15 is 0 Å². The number of rotatable bonds is 3. The van der Waals surface area contributed by atoms with Gasteiger partial charge in [-0.1, -0.05) is 23.7 Å². The molecule has 0 saturated carbocycles. The summed E-state index contributed by atoms with van der Waals surface area (Å²) >= 11 is 5.91. The highest BCUT2D eigenvalue weighted by Gasteiger charge is 2.34. The normalized spacial score (nSPS) is 22.0. The summed E-state index contributed by atoms with van der Waals surface area (Å²) in [5.74, 6) is 0. The number of nitrogens with zero attached hydrogens (tertiary/aromatic N) is 1. The van der Waals surface area contributed by atoms with Gasteiger partial charge in [0, 0.05) is 5.02 Å². The lowest BCUT2D eigenvalue weighted by Crippen LogP contribution is -2.55. The van der Waals surface area contributed by atoms with Gasteiger partial charge in [-0.3, -0.25) is 4.90 Å². The molecule has 1 unspecified atom stereocenters. The van der Waals surface area contributed by atoms with Crippen LogP contribution < -0.4 is 0 Å². The fraction of sp³-hybridized carbons (Fsp3) is 0.588. The first kappa shape index (κ1) is 18.0. The summed E-state index contributed by atoms with van der Waals surface area (Å²) in [7, 11) is 0. The average Bonchev–Trinajstić information content (AvgIpc) is 2.48. The van der Waals surface area contributed by atoms with Crippen molar-refractivity contribution in [2.75, 3.05) is 19.8 Å². The van der Waals surface area contributed by atoms with Crippen molar-refractivity contribution in [3.63, 3.8) is 0 Å². The first-order valence-electron chi connectivity index (χ1n) is 7.75. The molecule has 1 saturated heterocycles. The number of carbonyl (C=O) groups is 1. The zero-order chi connectivity index (χ0) is 17.0. The number of aliphatic hydroxyl groups excluding tert-OH is 1. The van der Waals surface area contributed by atoms with Gasteiger partial charge in [-0.15, -0.1) is 0 Å². The van der Waals surface area contributed by atoms with Crippen LogP contribution in [0.3, 0.4) is 0 Å². The second-order valence-corrected chi connectivity index (χ2v) is 7.19. The van der Waals surface area contributed by atoms with Gasteiger partial charge in [-0.2, -0.15) is 0 Å². The summed E-state index contributed by atoms with van der Waals surface area (Å²) < 4.78 is 11.1. The van der Waals surface area contributed by atoms with E-state index in [2.05, 4.69) is 0 Å². The zero-order valence-electron chi connectivity index (χ0n) is 13.8. The van der Waals surface area contributed by atoms with Crippen LogP contribution in [0.25, 0.3) is 0 Å². The summed E-state index contributed by atoms with van der Waals surface area (Å²) in [5.41, 5.74) is 0.508. The van der Waals surface area contributed by atoms with Crippen molar-refractivity contribution in [2.24, 2.45) is 0 Å². The Bertz CT molecular complexity index is 526. The molecule has 2 atom stereocenters. The van der Waals surface area contributed by atoms with E-state index in [0.29, 0.717) is 24.6 Å². The molecule has 2 rings (SSSR count). The Kier molecular flexibility index (Phi) is 5.89. The van der Waals surface area contributed by atoms with E-state index in [1.165, 1.54) is 0 Å². The molecule has 0 aliphatic carbocycles. The van der Waals surface area contributed by atoms with E-state index in [9.17, 15) is 9.90 Å². The number of morpholine rings is 1. The van der Waals surface area contributed by atoms with Gasteiger partial charge in [0.15, 0.2) is 0 Å². The minimum absolute atomic E-state index is 0.118. The highest BCUT2D eigenvalue weighted by molar-refractivity contribution is 6.30. The quantitative estimate of drug-likeness (QED) is 0.918. The number of hydrogen-bond acceptors (Lipinski definition) is 4. The van der Waals surface area contributed by atoms with Crippen molar-refractivity contribution in [1.29, 1.82) is 0 Å². The Morgan fingerprint density at radius 3 is 2.61 bits per heavy atom. The molecule has 1 aliphatic heterocycles. The third-order valence-electron chi connectivity index (χ3n) is 3.58. The van der Waals surface area contributed by atoms with Crippen molar-refractivity contribution in [3.05, 3.63) is 34.9 Å². The van der Waals surface area contributed by atoms with Gasteiger partial charge >= 0.3 is 6.09 Å². The van der Waals surface area contributed by atoms with Gasteiger partial charge in [0.1, 0.15) is 5.60 Å². The first-order chi connectivity index (χ1) is 10.8. The highest BCUT2D eigenvalue weighted by atomic mass is 35.5. The summed E-state index contributed by atoms with van der Waals surface area (Å²) in [6, 6.07) is 7.40. The molecule has 0 radical (unpaired) electrons. The lowest BCUT2D eigenvalue weighted by Gasteiger charge is -2.39. The third kappa shape index (κ3) is 5.37. The maximum atomic E-state index is 12.5. The number of aliphatic hydroxyl groups is 1. The molecule has 0 spiro atoms. The first-order valence-corrected chi connectivity index (χ1v) is 8.13. The van der Waals surface area contributed by atoms with Crippen molar-refractivity contribution < 1.29 is 19.4 Å². The predicted molar refractivity (Wildman–Crippen MR) is 88.7 cm³/mol.